The Morgan fingerprint density at radius 3 is 2.47 bits per heavy atom. The van der Waals surface area contributed by atoms with Crippen LogP contribution in [-0.4, -0.2) is 12.7 Å². The van der Waals surface area contributed by atoms with Gasteiger partial charge in [0.05, 0.1) is 10.9 Å². The van der Waals surface area contributed by atoms with Gasteiger partial charge in [-0.15, -0.1) is 0 Å². The largest absolute Gasteiger partial charge is 0.456 e. The molecule has 4 nitrogen and oxygen atoms in total. The Morgan fingerprint density at radius 1 is 0.972 bits per heavy atom. The minimum absolute atomic E-state index is 0.114. The minimum Gasteiger partial charge on any atom is -0.456 e. The molecule has 2 heterocycles. The molecule has 3 aromatic carbocycles. The molecule has 4 aromatic rings. The van der Waals surface area contributed by atoms with Crippen molar-refractivity contribution < 1.29 is 12.8 Å². The van der Waals surface area contributed by atoms with E-state index in [4.69, 9.17) is 4.42 Å². The topological polar surface area (TPSA) is 50.5 Å². The molecule has 36 heavy (non-hydrogen) atoms. The summed E-state index contributed by atoms with van der Waals surface area (Å²) in [4.78, 5) is 0.394. The number of benzene rings is 3. The number of sulfonamides is 1. The summed E-state index contributed by atoms with van der Waals surface area (Å²) in [5.74, 6) is 0.344. The third-order valence-corrected chi connectivity index (χ3v) is 10.2. The Labute approximate surface area is 214 Å². The number of nitrogens with zero attached hydrogens (tertiary/aromatic N) is 1. The summed E-state index contributed by atoms with van der Waals surface area (Å²) in [6.07, 6.45) is 8.89. The molecule has 0 saturated heterocycles. The summed E-state index contributed by atoms with van der Waals surface area (Å²) in [7, 11) is -3.64. The molecule has 1 aromatic heterocycles. The molecule has 1 aliphatic heterocycles. The van der Waals surface area contributed by atoms with E-state index >= 15 is 0 Å². The van der Waals surface area contributed by atoms with E-state index in [2.05, 4.69) is 25.1 Å². The van der Waals surface area contributed by atoms with Crippen LogP contribution < -0.4 is 0 Å². The van der Waals surface area contributed by atoms with Crippen molar-refractivity contribution in [2.45, 2.75) is 82.7 Å². The van der Waals surface area contributed by atoms with Crippen LogP contribution in [-0.2, 0) is 23.0 Å². The summed E-state index contributed by atoms with van der Waals surface area (Å²) < 4.78 is 36.4. The highest BCUT2D eigenvalue weighted by Crippen LogP contribution is 2.51. The molecule has 0 spiro atoms. The molecular weight excluding hydrogens is 466 g/mol. The van der Waals surface area contributed by atoms with Gasteiger partial charge in [-0.2, -0.15) is 4.31 Å². The molecule has 1 atom stereocenters. The number of hydrogen-bond acceptors (Lipinski definition) is 3. The summed E-state index contributed by atoms with van der Waals surface area (Å²) in [6.45, 7) is 4.63. The van der Waals surface area contributed by atoms with Crippen LogP contribution in [0.5, 0.6) is 0 Å². The highest BCUT2D eigenvalue weighted by atomic mass is 32.2. The molecule has 0 radical (unpaired) electrons. The lowest BCUT2D eigenvalue weighted by Crippen LogP contribution is -2.34. The molecule has 0 unspecified atom stereocenters. The molecule has 1 fully saturated rings. The van der Waals surface area contributed by atoms with Crippen LogP contribution in [0.15, 0.2) is 63.9 Å². The van der Waals surface area contributed by atoms with Crippen molar-refractivity contribution in [2.24, 2.45) is 5.92 Å². The van der Waals surface area contributed by atoms with E-state index in [0.717, 1.165) is 59.8 Å². The second kappa shape index (κ2) is 9.35. The zero-order chi connectivity index (χ0) is 24.9. The smallest absolute Gasteiger partial charge is 0.243 e. The van der Waals surface area contributed by atoms with Crippen molar-refractivity contribution in [3.05, 3.63) is 76.9 Å². The number of fused-ring (bicyclic) bond motifs is 4. The fourth-order valence-corrected chi connectivity index (χ4v) is 8.20. The van der Waals surface area contributed by atoms with Crippen LogP contribution in [0.25, 0.3) is 21.9 Å². The van der Waals surface area contributed by atoms with E-state index in [0.29, 0.717) is 17.4 Å². The van der Waals surface area contributed by atoms with Crippen molar-refractivity contribution in [3.63, 3.8) is 0 Å². The van der Waals surface area contributed by atoms with E-state index in [1.807, 2.05) is 35.5 Å². The molecule has 6 rings (SSSR count). The highest BCUT2D eigenvalue weighted by molar-refractivity contribution is 7.89. The molecule has 1 saturated carbocycles. The van der Waals surface area contributed by atoms with Crippen molar-refractivity contribution >= 4 is 32.0 Å². The average molecular weight is 502 g/mol. The number of para-hydroxylation sites is 1. The Kier molecular flexibility index (Phi) is 6.17. The van der Waals surface area contributed by atoms with Crippen LogP contribution >= 0.6 is 0 Å². The lowest BCUT2D eigenvalue weighted by Gasteiger charge is -2.35. The SMILES string of the molecule is CCCCc1c2c(cc3oc4ccccc4c13)CN(S(=O)(=O)c1ccc(C)cc1)[C@@H]2C1CCCCC1. The first-order chi connectivity index (χ1) is 17.5. The molecule has 1 aliphatic carbocycles. The Morgan fingerprint density at radius 2 is 1.72 bits per heavy atom. The Hall–Kier alpha value is -2.63. The van der Waals surface area contributed by atoms with Gasteiger partial charge in [-0.05, 0) is 79.5 Å². The van der Waals surface area contributed by atoms with Gasteiger partial charge in [0.25, 0.3) is 0 Å². The first-order valence-corrected chi connectivity index (χ1v) is 15.0. The predicted molar refractivity (Wildman–Crippen MR) is 146 cm³/mol. The van der Waals surface area contributed by atoms with E-state index < -0.39 is 10.0 Å². The molecule has 0 N–H and O–H groups in total. The maximum atomic E-state index is 14.1. The number of hydrogen-bond donors (Lipinski definition) is 0. The molecule has 5 heteroatoms. The standard InChI is InChI=1S/C31H35NO3S/c1-3-4-12-26-29-23(19-28-30(26)25-13-8-9-14-27(25)35-28)20-32(31(29)22-10-6-5-7-11-22)36(33,34)24-17-15-21(2)16-18-24/h8-9,13-19,22,31H,3-7,10-12,20H2,1-2H3/t31-/m1/s1. The fourth-order valence-electron chi connectivity index (χ4n) is 6.57. The third-order valence-electron chi connectivity index (χ3n) is 8.34. The van der Waals surface area contributed by atoms with Crippen molar-refractivity contribution in [2.75, 3.05) is 0 Å². The lowest BCUT2D eigenvalue weighted by molar-refractivity contribution is 0.207. The number of unbranched alkanes of at least 4 members (excludes halogenated alkanes) is 1. The van der Waals surface area contributed by atoms with Crippen molar-refractivity contribution in [1.29, 1.82) is 0 Å². The van der Waals surface area contributed by atoms with Gasteiger partial charge in [0.15, 0.2) is 0 Å². The first-order valence-electron chi connectivity index (χ1n) is 13.5. The highest BCUT2D eigenvalue weighted by Gasteiger charge is 2.45. The number of furan rings is 1. The van der Waals surface area contributed by atoms with Crippen LogP contribution in [0, 0.1) is 12.8 Å². The zero-order valence-electron chi connectivity index (χ0n) is 21.3. The minimum atomic E-state index is -3.64. The normalized spacial score (nSPS) is 19.3. The second-order valence-corrected chi connectivity index (χ2v) is 12.6. The van der Waals surface area contributed by atoms with Crippen LogP contribution in [0.3, 0.4) is 0 Å². The van der Waals surface area contributed by atoms with Crippen LogP contribution in [0.4, 0.5) is 0 Å². The fraction of sp³-hybridized carbons (Fsp3) is 0.419. The second-order valence-electron chi connectivity index (χ2n) is 10.7. The summed E-state index contributed by atoms with van der Waals surface area (Å²) in [5, 5.41) is 2.33. The molecule has 188 valence electrons. The predicted octanol–water partition coefficient (Wildman–Crippen LogP) is 8.06. The third kappa shape index (κ3) is 3.88. The Balaban J connectivity index is 1.58. The van der Waals surface area contributed by atoms with Gasteiger partial charge in [0.1, 0.15) is 11.2 Å². The quantitative estimate of drug-likeness (QED) is 0.268. The van der Waals surface area contributed by atoms with Crippen LogP contribution in [0.1, 0.15) is 80.2 Å². The number of rotatable bonds is 6. The maximum Gasteiger partial charge on any atom is 0.243 e. The van der Waals surface area contributed by atoms with Crippen molar-refractivity contribution in [3.8, 4) is 0 Å². The summed E-state index contributed by atoms with van der Waals surface area (Å²) >= 11 is 0. The maximum absolute atomic E-state index is 14.1. The van der Waals surface area contributed by atoms with Gasteiger partial charge < -0.3 is 4.42 Å². The van der Waals surface area contributed by atoms with E-state index in [9.17, 15) is 8.42 Å². The molecular formula is C31H35NO3S. The van der Waals surface area contributed by atoms with E-state index in [1.54, 1.807) is 12.1 Å². The molecule has 0 amide bonds. The lowest BCUT2D eigenvalue weighted by atomic mass is 9.79. The molecule has 2 aliphatic rings. The summed E-state index contributed by atoms with van der Waals surface area (Å²) in [5.41, 5.74) is 6.57. The van der Waals surface area contributed by atoms with E-state index in [-0.39, 0.29) is 6.04 Å². The van der Waals surface area contributed by atoms with Gasteiger partial charge >= 0.3 is 0 Å². The van der Waals surface area contributed by atoms with Gasteiger partial charge in [-0.25, -0.2) is 8.42 Å². The van der Waals surface area contributed by atoms with Gasteiger partial charge in [-0.3, -0.25) is 0 Å². The van der Waals surface area contributed by atoms with Crippen molar-refractivity contribution in [1.82, 2.24) is 4.31 Å². The monoisotopic (exact) mass is 501 g/mol. The number of aryl methyl sites for hydroxylation is 2. The molecule has 0 bridgehead atoms. The van der Waals surface area contributed by atoms with Gasteiger partial charge in [0, 0.05) is 17.3 Å². The van der Waals surface area contributed by atoms with Crippen LogP contribution in [0.2, 0.25) is 0 Å². The van der Waals surface area contributed by atoms with Gasteiger partial charge in [-0.1, -0.05) is 68.5 Å². The van der Waals surface area contributed by atoms with Gasteiger partial charge in [0.2, 0.25) is 10.0 Å². The van der Waals surface area contributed by atoms with E-state index in [1.165, 1.54) is 35.8 Å². The first kappa shape index (κ1) is 23.7. The zero-order valence-corrected chi connectivity index (χ0v) is 22.1. The Bertz CT molecular complexity index is 1510. The summed E-state index contributed by atoms with van der Waals surface area (Å²) in [6, 6.07) is 17.6. The average Bonchev–Trinajstić information content (AvgIpc) is 3.46.